The van der Waals surface area contributed by atoms with Crippen LogP contribution in [0.1, 0.15) is 77.2 Å². The number of hydrogen-bond acceptors (Lipinski definition) is 24. The largest absolute Gasteiger partial charge is 0.480 e. The van der Waals surface area contributed by atoms with Crippen molar-refractivity contribution in [1.29, 1.82) is 0 Å². The summed E-state index contributed by atoms with van der Waals surface area (Å²) in [5.74, 6) is -2.68. The minimum absolute atomic E-state index is 0.00732. The molecule has 4 saturated carbocycles. The van der Waals surface area contributed by atoms with Gasteiger partial charge in [-0.05, 0) is 86.5 Å². The Balaban J connectivity index is 0.960. The van der Waals surface area contributed by atoms with Gasteiger partial charge in [-0.2, -0.15) is 0 Å². The van der Waals surface area contributed by atoms with Crippen molar-refractivity contribution in [1.82, 2.24) is 5.32 Å². The number of aliphatic carboxylic acids is 1. The van der Waals surface area contributed by atoms with Crippen molar-refractivity contribution < 1.29 is 119 Å². The molecule has 1 aromatic carbocycles. The molecule has 6 unspecified atom stereocenters. The number of carboxylic acids is 1. The summed E-state index contributed by atoms with van der Waals surface area (Å²) in [4.78, 5) is 27.1. The van der Waals surface area contributed by atoms with Crippen molar-refractivity contribution in [2.24, 2.45) is 34.0 Å². The van der Waals surface area contributed by atoms with Gasteiger partial charge in [0.1, 0.15) is 97.7 Å². The van der Waals surface area contributed by atoms with Crippen molar-refractivity contribution >= 4 is 11.9 Å². The molecule has 4 aliphatic carbocycles. The number of esters is 1. The predicted molar refractivity (Wildman–Crippen MR) is 261 cm³/mol. The summed E-state index contributed by atoms with van der Waals surface area (Å²) in [6.45, 7) is 5.99. The van der Waals surface area contributed by atoms with E-state index in [1.807, 2.05) is 6.92 Å². The number of carbonyl (C=O) groups is 2. The topological polar surface area (TPSA) is 403 Å². The molecule has 28 atom stereocenters. The number of carbonyl (C=O) groups excluding carboxylic acids is 1. The third-order valence-corrected chi connectivity index (χ3v) is 18.9. The molecule has 9 rings (SSSR count). The number of aliphatic hydroxyl groups is 13. The van der Waals surface area contributed by atoms with Gasteiger partial charge in [0.05, 0.1) is 37.4 Å². The van der Waals surface area contributed by atoms with Crippen LogP contribution in [0.3, 0.4) is 0 Å². The first kappa shape index (κ1) is 59.7. The van der Waals surface area contributed by atoms with Crippen LogP contribution in [0.4, 0.5) is 0 Å². The lowest BCUT2D eigenvalue weighted by Crippen LogP contribution is -2.67. The highest BCUT2D eigenvalue weighted by Gasteiger charge is 2.68. The molecule has 0 amide bonds. The van der Waals surface area contributed by atoms with Crippen molar-refractivity contribution in [2.75, 3.05) is 19.8 Å². The summed E-state index contributed by atoms with van der Waals surface area (Å²) in [7, 11) is 0. The molecule has 25 nitrogen and oxygen atoms in total. The maximum atomic E-state index is 14.8. The Bertz CT molecular complexity index is 2230. The van der Waals surface area contributed by atoms with E-state index in [1.165, 1.54) is 0 Å². The Kier molecular flexibility index (Phi) is 18.2. The Morgan fingerprint density at radius 1 is 0.692 bits per heavy atom. The quantitative estimate of drug-likeness (QED) is 0.0310. The maximum Gasteiger partial charge on any atom is 0.321 e. The first-order chi connectivity index (χ1) is 37.0. The van der Waals surface area contributed by atoms with Crippen LogP contribution in [0.15, 0.2) is 42.5 Å². The summed E-state index contributed by atoms with van der Waals surface area (Å²) in [5.41, 5.74) is -0.453. The third kappa shape index (κ3) is 11.1. The zero-order valence-corrected chi connectivity index (χ0v) is 43.6. The molecule has 4 heterocycles. The Labute approximate surface area is 450 Å². The standard InChI is InChI=1S/C53H79NO24/c1-22-17-53-13-10-32-51(2,11-7-12-52(32,3)50(70)78-46-27(59)15-26(58)41(75-46)44(67)54-25(45(68)69)14-23-8-5-4-6-9-23)33(53)16-28(24(22)18-53)71-49-43(77-48-40(66)38(64)35(61)30(20-56)73-48)42(36(62)31(21-57)74-49)76-47-39(65)37(63)34(60)29(19-55)72-47/h4-6,8-9,24-44,46-49,54-67H,1,7,10-21H2,2-3H3,(H,68,69)/t24?,25-,26+,27-,28?,29-,30-,31-,32+,33+,34-,35-,36-,37+,38+,39-,40-,41+,42?,43-,44?,46?,47+,48+,49-,51-,52-,53?/m1/s1. The summed E-state index contributed by atoms with van der Waals surface area (Å²) in [5, 5.41) is 153. The molecule has 1 spiro atoms. The maximum absolute atomic E-state index is 14.8. The van der Waals surface area contributed by atoms with E-state index in [1.54, 1.807) is 30.3 Å². The van der Waals surface area contributed by atoms with Gasteiger partial charge in [-0.1, -0.05) is 55.8 Å². The molecule has 1 aromatic rings. The molecule has 4 aliphatic heterocycles. The smallest absolute Gasteiger partial charge is 0.321 e. The van der Waals surface area contributed by atoms with Crippen molar-refractivity contribution in [2.45, 2.75) is 213 Å². The van der Waals surface area contributed by atoms with E-state index >= 15 is 0 Å². The molecular formula is C53H79NO24. The highest BCUT2D eigenvalue weighted by atomic mass is 16.8. The number of benzene rings is 1. The zero-order valence-electron chi connectivity index (χ0n) is 43.6. The fraction of sp³-hybridized carbons (Fsp3) is 0.811. The first-order valence-corrected chi connectivity index (χ1v) is 27.1. The van der Waals surface area contributed by atoms with Crippen LogP contribution in [0.25, 0.3) is 0 Å². The molecular weight excluding hydrogens is 1030 g/mol. The van der Waals surface area contributed by atoms with E-state index in [-0.39, 0.29) is 36.0 Å². The summed E-state index contributed by atoms with van der Waals surface area (Å²) in [6.07, 6.45) is -30.8. The number of aliphatic hydroxyl groups excluding tert-OH is 13. The van der Waals surface area contributed by atoms with E-state index in [0.29, 0.717) is 56.9 Å². The van der Waals surface area contributed by atoms with E-state index in [2.05, 4.69) is 18.8 Å². The molecule has 2 bridgehead atoms. The van der Waals surface area contributed by atoms with Gasteiger partial charge in [-0.15, -0.1) is 0 Å². The monoisotopic (exact) mass is 1110 g/mol. The molecule has 4 saturated heterocycles. The van der Waals surface area contributed by atoms with E-state index in [9.17, 15) is 81.1 Å². The normalized spacial score (nSPS) is 48.3. The summed E-state index contributed by atoms with van der Waals surface area (Å²) in [6, 6.07) is 7.44. The van der Waals surface area contributed by atoms with Gasteiger partial charge in [-0.25, -0.2) is 0 Å². The number of rotatable bonds is 17. The number of ether oxygens (including phenoxy) is 8. The lowest BCUT2D eigenvalue weighted by Gasteiger charge is -2.64. The molecule has 25 heteroatoms. The lowest BCUT2D eigenvalue weighted by atomic mass is 9.41. The Hall–Kier alpha value is -2.94. The Morgan fingerprint density at radius 2 is 1.28 bits per heavy atom. The fourth-order valence-corrected chi connectivity index (χ4v) is 14.8. The van der Waals surface area contributed by atoms with Gasteiger partial charge in [-0.3, -0.25) is 14.9 Å². The van der Waals surface area contributed by atoms with Crippen LogP contribution in [0.2, 0.25) is 0 Å². The van der Waals surface area contributed by atoms with Gasteiger partial charge in [0.25, 0.3) is 0 Å². The van der Waals surface area contributed by atoms with E-state index < -0.39 is 178 Å². The van der Waals surface area contributed by atoms with Crippen molar-refractivity contribution in [3.05, 3.63) is 48.0 Å². The van der Waals surface area contributed by atoms with Gasteiger partial charge in [0.2, 0.25) is 6.29 Å². The van der Waals surface area contributed by atoms with Crippen molar-refractivity contribution in [3.63, 3.8) is 0 Å². The second-order valence-corrected chi connectivity index (χ2v) is 23.6. The molecule has 8 aliphatic rings. The molecule has 78 heavy (non-hydrogen) atoms. The average molecular weight is 1110 g/mol. The number of nitrogens with one attached hydrogen (secondary N) is 1. The molecule has 0 radical (unpaired) electrons. The number of carboxylic acid groups (broad SMARTS) is 1. The predicted octanol–water partition coefficient (Wildman–Crippen LogP) is -3.62. The first-order valence-electron chi connectivity index (χ1n) is 27.1. The minimum Gasteiger partial charge on any atom is -0.480 e. The van der Waals surface area contributed by atoms with E-state index in [4.69, 9.17) is 37.9 Å². The third-order valence-electron chi connectivity index (χ3n) is 18.9. The second kappa shape index (κ2) is 23.7. The van der Waals surface area contributed by atoms with Crippen LogP contribution < -0.4 is 5.32 Å². The van der Waals surface area contributed by atoms with Crippen LogP contribution >= 0.6 is 0 Å². The number of fused-ring (bicyclic) bond motifs is 3. The average Bonchev–Trinajstić information content (AvgIpc) is 3.69. The minimum atomic E-state index is -1.98. The van der Waals surface area contributed by atoms with Gasteiger partial charge in [0.15, 0.2) is 18.9 Å². The van der Waals surface area contributed by atoms with E-state index in [0.717, 1.165) is 5.57 Å². The van der Waals surface area contributed by atoms with Crippen LogP contribution in [0.5, 0.6) is 0 Å². The highest BCUT2D eigenvalue weighted by molar-refractivity contribution is 5.77. The van der Waals surface area contributed by atoms with Crippen LogP contribution in [0, 0.1) is 34.0 Å². The summed E-state index contributed by atoms with van der Waals surface area (Å²) >= 11 is 0. The zero-order chi connectivity index (χ0) is 56.3. The van der Waals surface area contributed by atoms with Gasteiger partial charge < -0.3 is 109 Å². The highest BCUT2D eigenvalue weighted by Crippen LogP contribution is 2.72. The fourth-order valence-electron chi connectivity index (χ4n) is 14.8. The molecule has 440 valence electrons. The van der Waals surface area contributed by atoms with Crippen molar-refractivity contribution in [3.8, 4) is 0 Å². The van der Waals surface area contributed by atoms with Crippen LogP contribution in [-0.4, -0.2) is 238 Å². The number of hydrogen-bond donors (Lipinski definition) is 15. The van der Waals surface area contributed by atoms with Gasteiger partial charge >= 0.3 is 11.9 Å². The molecule has 8 fully saturated rings. The lowest BCUT2D eigenvalue weighted by molar-refractivity contribution is -0.397. The second-order valence-electron chi connectivity index (χ2n) is 23.6. The molecule has 0 aromatic heterocycles. The summed E-state index contributed by atoms with van der Waals surface area (Å²) < 4.78 is 49.0. The molecule has 15 N–H and O–H groups in total. The Morgan fingerprint density at radius 3 is 1.88 bits per heavy atom. The van der Waals surface area contributed by atoms with Gasteiger partial charge in [0, 0.05) is 12.3 Å². The van der Waals surface area contributed by atoms with Crippen LogP contribution in [-0.2, 0) is 53.9 Å². The SMILES string of the molecule is C=C1CC23CC[C@H]4[C@@](C)(CCC[C@@]4(C)C(=O)OC4O[C@H](C(O)N[C@H](Cc5ccccc5)C(=O)O)[C@@H](O)C[C@H]4O)[C@@H]2CC(O[C@@H]2O[C@H](CO)[C@@H](O)C(O[C@@H]4O[C@H](CO)[C@@H](O)[C@H](O)[C@H]4O)[C@H]2O[C@@H]2O[C@H](CO)[C@@H](O)[C@H](O)[C@H]2O)C1C3.